The van der Waals surface area contributed by atoms with Crippen LogP contribution in [0.2, 0.25) is 0 Å². The topological polar surface area (TPSA) is 0 Å². The van der Waals surface area contributed by atoms with Crippen LogP contribution < -0.4 is 0 Å². The number of hydrogen-bond acceptors (Lipinski definition) is 0. The maximum atomic E-state index is 4.02. The normalized spacial score (nSPS) is 42.0. The monoisotopic (exact) mass is 422 g/mol. The maximum Gasteiger partial charge on any atom is -0.0205 e. The molecule has 0 amide bonds. The van der Waals surface area contributed by atoms with E-state index >= 15 is 0 Å². The molecule has 0 heteroatoms. The molecule has 174 valence electrons. The Labute approximate surface area is 194 Å². The van der Waals surface area contributed by atoms with Crippen LogP contribution in [0.5, 0.6) is 0 Å². The molecule has 0 aromatic carbocycles. The molecule has 0 saturated heterocycles. The highest BCUT2D eigenvalue weighted by Gasteiger charge is 2.30. The van der Waals surface area contributed by atoms with E-state index in [1.54, 1.807) is 0 Å². The van der Waals surface area contributed by atoms with Gasteiger partial charge in [0.1, 0.15) is 0 Å². The van der Waals surface area contributed by atoms with Crippen LogP contribution >= 0.6 is 0 Å². The van der Waals surface area contributed by atoms with Crippen molar-refractivity contribution in [1.82, 2.24) is 0 Å². The van der Waals surface area contributed by atoms with Gasteiger partial charge in [0.05, 0.1) is 0 Å². The van der Waals surface area contributed by atoms with E-state index in [2.05, 4.69) is 43.9 Å². The van der Waals surface area contributed by atoms with Crippen LogP contribution in [0.3, 0.4) is 0 Å². The summed E-state index contributed by atoms with van der Waals surface area (Å²) in [6, 6.07) is 0. The third-order valence-electron chi connectivity index (χ3n) is 9.87. The summed E-state index contributed by atoms with van der Waals surface area (Å²) in [7, 11) is 0. The van der Waals surface area contributed by atoms with Crippen molar-refractivity contribution in [3.8, 4) is 0 Å². The van der Waals surface area contributed by atoms with Crippen molar-refractivity contribution < 1.29 is 0 Å². The van der Waals surface area contributed by atoms with Crippen LogP contribution in [0.1, 0.15) is 110 Å². The van der Waals surface area contributed by atoms with Crippen LogP contribution in [0.4, 0.5) is 0 Å². The van der Waals surface area contributed by atoms with Crippen molar-refractivity contribution in [2.45, 2.75) is 110 Å². The molecule has 0 N–H and O–H groups in total. The van der Waals surface area contributed by atoms with E-state index in [0.717, 1.165) is 47.3 Å². The molecule has 0 nitrogen and oxygen atoms in total. The predicted molar refractivity (Wildman–Crippen MR) is 136 cm³/mol. The van der Waals surface area contributed by atoms with Gasteiger partial charge in [0.15, 0.2) is 0 Å². The average molecular weight is 423 g/mol. The van der Waals surface area contributed by atoms with Crippen molar-refractivity contribution in [2.75, 3.05) is 0 Å². The first-order valence-electron chi connectivity index (χ1n) is 14.2. The van der Waals surface area contributed by atoms with Gasteiger partial charge in [-0.15, -0.1) is 6.58 Å². The molecule has 0 aromatic heterocycles. The first-order valence-corrected chi connectivity index (χ1v) is 14.2. The molecule has 0 aliphatic heterocycles. The third kappa shape index (κ3) is 6.61. The second-order valence-corrected chi connectivity index (χ2v) is 11.8. The zero-order chi connectivity index (χ0) is 21.5. The highest BCUT2D eigenvalue weighted by molar-refractivity contribution is 5.02. The van der Waals surface area contributed by atoms with Crippen molar-refractivity contribution in [3.63, 3.8) is 0 Å². The van der Waals surface area contributed by atoms with Crippen LogP contribution in [-0.2, 0) is 0 Å². The van der Waals surface area contributed by atoms with Crippen LogP contribution in [0, 0.1) is 47.3 Å². The Hall–Kier alpha value is -0.780. The smallest absolute Gasteiger partial charge is 0.0205 e. The largest absolute Gasteiger partial charge is 0.103 e. The summed E-state index contributed by atoms with van der Waals surface area (Å²) >= 11 is 0. The highest BCUT2D eigenvalue weighted by atomic mass is 14.4. The summed E-state index contributed by atoms with van der Waals surface area (Å²) in [4.78, 5) is 0. The molecule has 31 heavy (non-hydrogen) atoms. The molecule has 0 spiro atoms. The fourth-order valence-corrected chi connectivity index (χ4v) is 7.64. The maximum absolute atomic E-state index is 4.02. The summed E-state index contributed by atoms with van der Waals surface area (Å²) in [5, 5.41) is 0. The lowest BCUT2D eigenvalue weighted by Crippen LogP contribution is -2.25. The van der Waals surface area contributed by atoms with Crippen molar-refractivity contribution in [2.24, 2.45) is 47.3 Å². The Morgan fingerprint density at radius 3 is 1.58 bits per heavy atom. The van der Waals surface area contributed by atoms with Gasteiger partial charge in [0, 0.05) is 0 Å². The highest BCUT2D eigenvalue weighted by Crippen LogP contribution is 2.43. The van der Waals surface area contributed by atoms with E-state index < -0.39 is 0 Å². The van der Waals surface area contributed by atoms with Crippen molar-refractivity contribution in [3.05, 3.63) is 37.0 Å². The van der Waals surface area contributed by atoms with Gasteiger partial charge >= 0.3 is 0 Å². The van der Waals surface area contributed by atoms with Gasteiger partial charge < -0.3 is 0 Å². The number of hydrogen-bond donors (Lipinski definition) is 0. The molecule has 3 fully saturated rings. The summed E-state index contributed by atoms with van der Waals surface area (Å²) < 4.78 is 0. The van der Waals surface area contributed by atoms with E-state index in [9.17, 15) is 0 Å². The van der Waals surface area contributed by atoms with Crippen LogP contribution in [-0.4, -0.2) is 0 Å². The molecule has 3 saturated carbocycles. The lowest BCUT2D eigenvalue weighted by molar-refractivity contribution is 0.166. The second-order valence-electron chi connectivity index (χ2n) is 11.8. The lowest BCUT2D eigenvalue weighted by Gasteiger charge is -2.37. The van der Waals surface area contributed by atoms with E-state index in [4.69, 9.17) is 0 Å². The van der Waals surface area contributed by atoms with Crippen LogP contribution in [0.25, 0.3) is 0 Å². The fraction of sp³-hybridized carbons (Fsp3) is 0.806. The van der Waals surface area contributed by atoms with Gasteiger partial charge in [0.25, 0.3) is 0 Å². The summed E-state index contributed by atoms with van der Waals surface area (Å²) in [5.41, 5.74) is 0. The van der Waals surface area contributed by atoms with E-state index in [1.807, 2.05) is 0 Å². The summed E-state index contributed by atoms with van der Waals surface area (Å²) in [6.45, 7) is 6.35. The zero-order valence-corrected chi connectivity index (χ0v) is 20.5. The first-order chi connectivity index (χ1) is 15.2. The minimum Gasteiger partial charge on any atom is -0.103 e. The Morgan fingerprint density at radius 1 is 0.613 bits per heavy atom. The molecule has 4 aliphatic rings. The first kappa shape index (κ1) is 23.4. The van der Waals surface area contributed by atoms with Gasteiger partial charge in [-0.25, -0.2) is 0 Å². The number of rotatable bonds is 7. The molecular formula is C31H50. The van der Waals surface area contributed by atoms with Crippen molar-refractivity contribution >= 4 is 0 Å². The SMILES string of the molecule is C=CC1CCC(C2CCC(C=CC3CCC(C4C=CC(CCC)CC4)CC3)CC2)CC1. The third-order valence-corrected chi connectivity index (χ3v) is 9.87. The Balaban J connectivity index is 1.14. The van der Waals surface area contributed by atoms with Gasteiger partial charge in [-0.1, -0.05) is 43.7 Å². The molecule has 4 aliphatic carbocycles. The molecule has 2 unspecified atom stereocenters. The molecule has 4 rings (SSSR count). The van der Waals surface area contributed by atoms with Gasteiger partial charge in [0.2, 0.25) is 0 Å². The number of allylic oxidation sites excluding steroid dienone is 5. The molecular weight excluding hydrogens is 372 g/mol. The standard InChI is InChI=1S/C31H50/c1-3-5-25-10-18-29(19-11-25)31-22-14-27(15-23-31)7-6-26-12-20-30(21-13-26)28-16-8-24(4-2)9-17-28/h4,6-7,10,18,24-31H,2-3,5,8-9,11-17,19-23H2,1H3. The molecule has 0 radical (unpaired) electrons. The van der Waals surface area contributed by atoms with Crippen molar-refractivity contribution in [1.29, 1.82) is 0 Å². The minimum atomic E-state index is 0.817. The van der Waals surface area contributed by atoms with Gasteiger partial charge in [-0.05, 0) is 144 Å². The van der Waals surface area contributed by atoms with E-state index in [0.29, 0.717) is 0 Å². The quantitative estimate of drug-likeness (QED) is 0.358. The van der Waals surface area contributed by atoms with Gasteiger partial charge in [-0.3, -0.25) is 0 Å². The molecule has 0 bridgehead atoms. The summed E-state index contributed by atoms with van der Waals surface area (Å²) in [5.74, 6) is 7.41. The van der Waals surface area contributed by atoms with E-state index in [-0.39, 0.29) is 0 Å². The Bertz CT molecular complexity index is 573. The molecule has 0 aromatic rings. The second kappa shape index (κ2) is 11.9. The van der Waals surface area contributed by atoms with E-state index in [1.165, 1.54) is 103 Å². The average Bonchev–Trinajstić information content (AvgIpc) is 2.84. The van der Waals surface area contributed by atoms with Crippen LogP contribution in [0.15, 0.2) is 37.0 Å². The summed E-state index contributed by atoms with van der Waals surface area (Å²) in [6.07, 6.45) is 35.9. The lowest BCUT2D eigenvalue weighted by atomic mass is 9.69. The minimum absolute atomic E-state index is 0.817. The Morgan fingerprint density at radius 2 is 1.13 bits per heavy atom. The molecule has 0 heterocycles. The fourth-order valence-electron chi connectivity index (χ4n) is 7.64. The molecule has 2 atom stereocenters. The zero-order valence-electron chi connectivity index (χ0n) is 20.5. The van der Waals surface area contributed by atoms with Gasteiger partial charge in [-0.2, -0.15) is 0 Å². The predicted octanol–water partition coefficient (Wildman–Crippen LogP) is 9.53. The Kier molecular flexibility index (Phi) is 8.98.